The number of halogens is 5. The summed E-state index contributed by atoms with van der Waals surface area (Å²) < 4.78 is 74.7. The normalized spacial score (nSPS) is 19.3. The predicted octanol–water partition coefficient (Wildman–Crippen LogP) is 5.37. The number of aromatic nitrogens is 4. The van der Waals surface area contributed by atoms with E-state index in [1.54, 1.807) is 11.6 Å². The predicted molar refractivity (Wildman–Crippen MR) is 214 cm³/mol. The number of para-hydroxylation sites is 1. The van der Waals surface area contributed by atoms with Gasteiger partial charge < -0.3 is 9.88 Å². The van der Waals surface area contributed by atoms with Gasteiger partial charge in [0.2, 0.25) is 11.8 Å². The van der Waals surface area contributed by atoms with Crippen LogP contribution < -0.4 is 15.7 Å². The molecule has 2 amide bonds. The van der Waals surface area contributed by atoms with Crippen LogP contribution in [-0.4, -0.2) is 99.3 Å². The number of anilines is 1. The smallest absolute Gasteiger partial charge is 0.337 e. The summed E-state index contributed by atoms with van der Waals surface area (Å²) in [6.07, 6.45) is -2.88. The number of benzene rings is 3. The van der Waals surface area contributed by atoms with Gasteiger partial charge in [-0.25, -0.2) is 9.78 Å². The molecule has 5 aromatic rings. The summed E-state index contributed by atoms with van der Waals surface area (Å²) in [5.41, 5.74) is 1.67. The van der Waals surface area contributed by atoms with Crippen molar-refractivity contribution in [3.05, 3.63) is 80.2 Å². The highest BCUT2D eigenvalue weighted by Gasteiger charge is 2.36. The topological polar surface area (TPSA) is 158 Å². The van der Waals surface area contributed by atoms with Gasteiger partial charge in [-0.05, 0) is 74.2 Å². The third-order valence-corrected chi connectivity index (χ3v) is 13.5. The Morgan fingerprint density at radius 3 is 2.47 bits per heavy atom. The van der Waals surface area contributed by atoms with Crippen molar-refractivity contribution in [1.29, 1.82) is 0 Å². The summed E-state index contributed by atoms with van der Waals surface area (Å²) >= 11 is 12.4. The van der Waals surface area contributed by atoms with Crippen LogP contribution in [0, 0.1) is 5.92 Å². The lowest BCUT2D eigenvalue weighted by molar-refractivity contribution is -0.138. The first-order valence-electron chi connectivity index (χ1n) is 18.8. The number of amides is 2. The number of nitrogens with one attached hydrogen (secondary N) is 3. The standard InChI is InChI=1S/C38H40Cl2F3N9O5S/c1-48(25-19-50(20-25)18-22-4-3-5-30-34(22)49(2)37(55)52(30)31-8-9-32(53)45-36(31)54)17-21-10-12-51(13-11-21)58(56,57)47-28-7-6-24(39)16-26(28)35-44-29-15-23(38(41,42)43)14-27(40)33(29)46-35/h3-7,14-16,21,25,31,47H,8-13,17-20H2,1-2H3,(H,44,46)(H,45,53,54). The number of hydrogen-bond acceptors (Lipinski definition) is 8. The molecule has 5 heterocycles. The lowest BCUT2D eigenvalue weighted by Crippen LogP contribution is -2.58. The molecule has 20 heteroatoms. The van der Waals surface area contributed by atoms with E-state index in [0.717, 1.165) is 42.8 Å². The summed E-state index contributed by atoms with van der Waals surface area (Å²) in [4.78, 5) is 49.5. The van der Waals surface area contributed by atoms with Crippen LogP contribution >= 0.6 is 23.2 Å². The Morgan fingerprint density at radius 1 is 1.02 bits per heavy atom. The Bertz CT molecular complexity index is 2610. The number of carbonyl (C=O) groups is 2. The summed E-state index contributed by atoms with van der Waals surface area (Å²) in [5, 5.41) is 2.44. The molecule has 14 nitrogen and oxygen atoms in total. The van der Waals surface area contributed by atoms with Crippen LogP contribution in [0.3, 0.4) is 0 Å². The van der Waals surface area contributed by atoms with Gasteiger partial charge in [0.1, 0.15) is 11.9 Å². The molecule has 3 saturated heterocycles. The summed E-state index contributed by atoms with van der Waals surface area (Å²) in [6, 6.07) is 11.4. The molecule has 3 aliphatic rings. The van der Waals surface area contributed by atoms with Gasteiger partial charge in [0.15, 0.2) is 0 Å². The number of imide groups is 1. The Labute approximate surface area is 341 Å². The Hall–Kier alpha value is -4.46. The van der Waals surface area contributed by atoms with E-state index in [1.165, 1.54) is 27.1 Å². The maximum atomic E-state index is 13.7. The highest BCUT2D eigenvalue weighted by Crippen LogP contribution is 2.38. The molecular weight excluding hydrogens is 822 g/mol. The molecule has 0 radical (unpaired) electrons. The molecule has 0 aliphatic carbocycles. The third-order valence-electron chi connectivity index (χ3n) is 11.5. The molecule has 308 valence electrons. The number of alkyl halides is 3. The number of hydrogen-bond donors (Lipinski definition) is 3. The Balaban J connectivity index is 0.868. The quantitative estimate of drug-likeness (QED) is 0.158. The molecule has 1 unspecified atom stereocenters. The van der Waals surface area contributed by atoms with Crippen LogP contribution in [0.5, 0.6) is 0 Å². The van der Waals surface area contributed by atoms with Crippen molar-refractivity contribution in [2.75, 3.05) is 44.5 Å². The zero-order valence-corrected chi connectivity index (χ0v) is 33.8. The van der Waals surface area contributed by atoms with E-state index in [0.29, 0.717) is 44.0 Å². The zero-order chi connectivity index (χ0) is 41.3. The van der Waals surface area contributed by atoms with Crippen LogP contribution in [0.2, 0.25) is 10.0 Å². The highest BCUT2D eigenvalue weighted by atomic mass is 35.5. The average Bonchev–Trinajstić information content (AvgIpc) is 3.69. The fourth-order valence-corrected chi connectivity index (χ4v) is 10.0. The SMILES string of the molecule is CN(CC1CCN(S(=O)(=O)Nc2ccc(Cl)cc2-c2nc3cc(C(F)(F)F)cc(Cl)c3[nH]2)CC1)C1CN(Cc2cccc3c2n(C)c(=O)n3C2CCC(=O)NC2=O)C1. The number of carbonyl (C=O) groups excluding carboxylic acids is 2. The van der Waals surface area contributed by atoms with Gasteiger partial charge in [0, 0.05) is 69.4 Å². The number of nitrogens with zero attached hydrogens (tertiary/aromatic N) is 6. The van der Waals surface area contributed by atoms with Crippen molar-refractivity contribution in [2.45, 2.75) is 50.5 Å². The maximum Gasteiger partial charge on any atom is 0.416 e. The van der Waals surface area contributed by atoms with Crippen molar-refractivity contribution in [1.82, 2.24) is 38.5 Å². The molecule has 3 aliphatic heterocycles. The summed E-state index contributed by atoms with van der Waals surface area (Å²) in [5.74, 6) is -0.435. The van der Waals surface area contributed by atoms with Crippen molar-refractivity contribution < 1.29 is 31.2 Å². The lowest BCUT2D eigenvalue weighted by atomic mass is 9.96. The van der Waals surface area contributed by atoms with Gasteiger partial charge in [-0.1, -0.05) is 35.3 Å². The van der Waals surface area contributed by atoms with Gasteiger partial charge in [0.25, 0.3) is 0 Å². The first-order chi connectivity index (χ1) is 27.5. The van der Waals surface area contributed by atoms with Crippen LogP contribution in [-0.2, 0) is 39.6 Å². The van der Waals surface area contributed by atoms with Gasteiger partial charge in [-0.15, -0.1) is 0 Å². The number of likely N-dealkylation sites (N-methyl/N-ethyl adjacent to an activating group) is 1. The number of likely N-dealkylation sites (tertiary alicyclic amines) is 1. The molecule has 0 saturated carbocycles. The van der Waals surface area contributed by atoms with Gasteiger partial charge >= 0.3 is 22.1 Å². The van der Waals surface area contributed by atoms with E-state index < -0.39 is 33.9 Å². The Morgan fingerprint density at radius 2 is 1.76 bits per heavy atom. The number of fused-ring (bicyclic) bond motifs is 2. The molecule has 2 aromatic heterocycles. The second-order valence-electron chi connectivity index (χ2n) is 15.3. The van der Waals surface area contributed by atoms with Crippen molar-refractivity contribution in [3.8, 4) is 11.4 Å². The minimum absolute atomic E-state index is 0.0322. The number of piperidine rings is 2. The Kier molecular flexibility index (Phi) is 10.6. The third kappa shape index (κ3) is 7.73. The minimum atomic E-state index is -4.63. The van der Waals surface area contributed by atoms with Crippen molar-refractivity contribution in [2.24, 2.45) is 13.0 Å². The molecule has 58 heavy (non-hydrogen) atoms. The van der Waals surface area contributed by atoms with E-state index in [9.17, 15) is 36.0 Å². The number of aryl methyl sites for hydroxylation is 1. The molecule has 0 bridgehead atoms. The molecule has 3 aromatic carbocycles. The highest BCUT2D eigenvalue weighted by molar-refractivity contribution is 7.90. The zero-order valence-electron chi connectivity index (χ0n) is 31.4. The van der Waals surface area contributed by atoms with E-state index in [4.69, 9.17) is 23.2 Å². The van der Waals surface area contributed by atoms with E-state index in [1.807, 2.05) is 18.2 Å². The summed E-state index contributed by atoms with van der Waals surface area (Å²) in [6.45, 7) is 3.65. The van der Waals surface area contributed by atoms with Gasteiger partial charge in [0.05, 0.1) is 38.3 Å². The average molecular weight is 863 g/mol. The van der Waals surface area contributed by atoms with Crippen LogP contribution in [0.4, 0.5) is 18.9 Å². The number of rotatable bonds is 10. The molecule has 3 fully saturated rings. The fourth-order valence-electron chi connectivity index (χ4n) is 8.32. The molecule has 3 N–H and O–H groups in total. The lowest BCUT2D eigenvalue weighted by Gasteiger charge is -2.45. The van der Waals surface area contributed by atoms with Crippen LogP contribution in [0.25, 0.3) is 33.5 Å². The molecule has 8 rings (SSSR count). The minimum Gasteiger partial charge on any atom is -0.337 e. The van der Waals surface area contributed by atoms with Crippen LogP contribution in [0.1, 0.15) is 42.9 Å². The monoisotopic (exact) mass is 861 g/mol. The molecule has 1 atom stereocenters. The van der Waals surface area contributed by atoms with E-state index >= 15 is 0 Å². The van der Waals surface area contributed by atoms with Gasteiger partial charge in [-0.3, -0.25) is 33.7 Å². The molecule has 0 spiro atoms. The number of aromatic amines is 1. The fraction of sp³-hybridized carbons (Fsp3) is 0.421. The van der Waals surface area contributed by atoms with E-state index in [2.05, 4.69) is 36.9 Å². The number of imidazole rings is 2. The first kappa shape index (κ1) is 40.3. The van der Waals surface area contributed by atoms with Crippen molar-refractivity contribution in [3.63, 3.8) is 0 Å². The second-order valence-corrected chi connectivity index (χ2v) is 17.8. The largest absolute Gasteiger partial charge is 0.416 e. The van der Waals surface area contributed by atoms with E-state index in [-0.39, 0.29) is 68.5 Å². The molecular formula is C38H40Cl2F3N9O5S. The van der Waals surface area contributed by atoms with Crippen LogP contribution in [0.15, 0.2) is 53.3 Å². The number of H-pyrrole nitrogens is 1. The maximum absolute atomic E-state index is 13.7. The van der Waals surface area contributed by atoms with Crippen molar-refractivity contribution >= 4 is 73.0 Å². The second kappa shape index (κ2) is 15.3. The van der Waals surface area contributed by atoms with Gasteiger partial charge in [-0.2, -0.15) is 25.9 Å². The summed E-state index contributed by atoms with van der Waals surface area (Å²) in [7, 11) is -0.250. The first-order valence-corrected chi connectivity index (χ1v) is 21.0.